The fraction of sp³-hybridized carbons (Fsp3) is 0. The van der Waals surface area contributed by atoms with Crippen molar-refractivity contribution in [3.8, 4) is 33.9 Å². The Bertz CT molecular complexity index is 3450. The molecule has 0 spiro atoms. The van der Waals surface area contributed by atoms with Crippen molar-refractivity contribution in [3.63, 3.8) is 0 Å². The zero-order valence-electron chi connectivity index (χ0n) is 30.4. The maximum absolute atomic E-state index is 5.58. The van der Waals surface area contributed by atoms with Crippen LogP contribution in [-0.4, -0.2) is 14.1 Å². The van der Waals surface area contributed by atoms with Crippen molar-refractivity contribution in [2.45, 2.75) is 0 Å². The lowest BCUT2D eigenvalue weighted by Crippen LogP contribution is -2.02. The molecule has 0 atom stereocenters. The quantitative estimate of drug-likeness (QED) is 0.167. The molecule has 0 aliphatic carbocycles. The lowest BCUT2D eigenvalue weighted by atomic mass is 9.89. The molecule has 3 heteroatoms. The van der Waals surface area contributed by atoms with E-state index in [0.717, 1.165) is 44.9 Å². The SMILES string of the molecule is c1ccc(-c2cc(-c3ccccc3)nc(-n3c4ccccc4c4c5c6ccccc6c6ccccc6c5c5c6ccccc6n(-c6ccccc6)c5c43)c2)cc1. The summed E-state index contributed by atoms with van der Waals surface area (Å²) in [7, 11) is 0. The molecule has 56 heavy (non-hydrogen) atoms. The molecule has 0 radical (unpaired) electrons. The number of para-hydroxylation sites is 3. The molecule has 0 fully saturated rings. The fourth-order valence-corrected chi connectivity index (χ4v) is 9.36. The largest absolute Gasteiger partial charge is 0.307 e. The fourth-order valence-electron chi connectivity index (χ4n) is 9.36. The molecular weight excluding hydrogens is 679 g/mol. The molecule has 0 saturated heterocycles. The number of hydrogen-bond donors (Lipinski definition) is 0. The lowest BCUT2D eigenvalue weighted by Gasteiger charge is -2.17. The van der Waals surface area contributed by atoms with Crippen LogP contribution in [0.1, 0.15) is 0 Å². The minimum Gasteiger partial charge on any atom is -0.307 e. The number of pyridine rings is 1. The first kappa shape index (κ1) is 30.9. The predicted molar refractivity (Wildman–Crippen MR) is 236 cm³/mol. The van der Waals surface area contributed by atoms with E-state index < -0.39 is 0 Å². The Morgan fingerprint density at radius 2 is 0.732 bits per heavy atom. The Hall–Kier alpha value is -7.49. The molecule has 0 unspecified atom stereocenters. The summed E-state index contributed by atoms with van der Waals surface area (Å²) < 4.78 is 4.94. The van der Waals surface area contributed by atoms with Gasteiger partial charge in [0.25, 0.3) is 0 Å². The molecule has 3 aromatic heterocycles. The summed E-state index contributed by atoms with van der Waals surface area (Å²) in [6.07, 6.45) is 0. The van der Waals surface area contributed by atoms with E-state index in [4.69, 9.17) is 4.98 Å². The van der Waals surface area contributed by atoms with Gasteiger partial charge in [0, 0.05) is 43.6 Å². The summed E-state index contributed by atoms with van der Waals surface area (Å²) >= 11 is 0. The number of aromatic nitrogens is 3. The first-order valence-corrected chi connectivity index (χ1v) is 19.2. The van der Waals surface area contributed by atoms with E-state index in [0.29, 0.717) is 0 Å². The number of hydrogen-bond acceptors (Lipinski definition) is 1. The van der Waals surface area contributed by atoms with Gasteiger partial charge in [0.05, 0.1) is 27.8 Å². The Kier molecular flexibility index (Phi) is 6.63. The number of nitrogens with zero attached hydrogens (tertiary/aromatic N) is 3. The molecule has 0 amide bonds. The van der Waals surface area contributed by atoms with Crippen LogP contribution in [-0.2, 0) is 0 Å². The molecule has 12 rings (SSSR count). The monoisotopic (exact) mass is 711 g/mol. The van der Waals surface area contributed by atoms with Gasteiger partial charge in [-0.25, -0.2) is 4.98 Å². The van der Waals surface area contributed by atoms with E-state index in [-0.39, 0.29) is 0 Å². The Morgan fingerprint density at radius 3 is 1.30 bits per heavy atom. The third kappa shape index (κ3) is 4.37. The minimum atomic E-state index is 0.881. The van der Waals surface area contributed by atoms with Crippen molar-refractivity contribution in [1.29, 1.82) is 0 Å². The highest BCUT2D eigenvalue weighted by atomic mass is 15.1. The molecule has 0 saturated carbocycles. The van der Waals surface area contributed by atoms with E-state index in [1.807, 2.05) is 0 Å². The van der Waals surface area contributed by atoms with E-state index in [9.17, 15) is 0 Å². The molecule has 0 bridgehead atoms. The van der Waals surface area contributed by atoms with Crippen LogP contribution >= 0.6 is 0 Å². The van der Waals surface area contributed by atoms with Gasteiger partial charge in [-0.15, -0.1) is 0 Å². The van der Waals surface area contributed by atoms with Crippen LogP contribution in [0, 0.1) is 0 Å². The molecule has 0 aliphatic heterocycles. The molecule has 0 aliphatic rings. The lowest BCUT2D eigenvalue weighted by molar-refractivity contribution is 1.08. The maximum atomic E-state index is 5.58. The van der Waals surface area contributed by atoms with Gasteiger partial charge in [-0.05, 0) is 69.1 Å². The van der Waals surface area contributed by atoms with Gasteiger partial charge in [0.2, 0.25) is 0 Å². The summed E-state index contributed by atoms with van der Waals surface area (Å²) in [5.74, 6) is 0.881. The van der Waals surface area contributed by atoms with E-state index >= 15 is 0 Å². The van der Waals surface area contributed by atoms with E-state index in [2.05, 4.69) is 209 Å². The molecule has 12 aromatic rings. The summed E-state index contributed by atoms with van der Waals surface area (Å²) in [6.45, 7) is 0. The van der Waals surface area contributed by atoms with Crippen LogP contribution in [0.3, 0.4) is 0 Å². The van der Waals surface area contributed by atoms with Crippen molar-refractivity contribution < 1.29 is 0 Å². The summed E-state index contributed by atoms with van der Waals surface area (Å²) in [4.78, 5) is 5.58. The third-order valence-electron chi connectivity index (χ3n) is 11.6. The van der Waals surface area contributed by atoms with Gasteiger partial charge in [0.1, 0.15) is 5.82 Å². The second kappa shape index (κ2) is 12.0. The van der Waals surface area contributed by atoms with E-state index in [1.165, 1.54) is 64.9 Å². The smallest absolute Gasteiger partial charge is 0.138 e. The predicted octanol–water partition coefficient (Wildman–Crippen LogP) is 14.1. The van der Waals surface area contributed by atoms with Gasteiger partial charge < -0.3 is 4.57 Å². The van der Waals surface area contributed by atoms with Crippen LogP contribution < -0.4 is 0 Å². The van der Waals surface area contributed by atoms with Crippen LogP contribution in [0.5, 0.6) is 0 Å². The Balaban J connectivity index is 1.40. The summed E-state index contributed by atoms with van der Waals surface area (Å²) in [5, 5.41) is 12.5. The Labute approximate surface area is 322 Å². The molecule has 3 heterocycles. The molecule has 0 N–H and O–H groups in total. The van der Waals surface area contributed by atoms with Crippen LogP contribution in [0.15, 0.2) is 200 Å². The van der Waals surface area contributed by atoms with Gasteiger partial charge in [-0.2, -0.15) is 0 Å². The minimum absolute atomic E-state index is 0.881. The zero-order chi connectivity index (χ0) is 36.7. The molecular formula is C53H33N3. The van der Waals surface area contributed by atoms with Gasteiger partial charge >= 0.3 is 0 Å². The zero-order valence-corrected chi connectivity index (χ0v) is 30.4. The van der Waals surface area contributed by atoms with Crippen molar-refractivity contribution in [3.05, 3.63) is 200 Å². The topological polar surface area (TPSA) is 22.8 Å². The number of rotatable bonds is 4. The molecule has 3 nitrogen and oxygen atoms in total. The van der Waals surface area contributed by atoms with Crippen molar-refractivity contribution in [1.82, 2.24) is 14.1 Å². The highest BCUT2D eigenvalue weighted by molar-refractivity contribution is 6.45. The molecule has 9 aromatic carbocycles. The first-order chi connectivity index (χ1) is 27.8. The first-order valence-electron chi connectivity index (χ1n) is 19.2. The normalized spacial score (nSPS) is 11.9. The third-order valence-corrected chi connectivity index (χ3v) is 11.6. The van der Waals surface area contributed by atoms with Gasteiger partial charge in [-0.1, -0.05) is 164 Å². The van der Waals surface area contributed by atoms with Crippen molar-refractivity contribution in [2.24, 2.45) is 0 Å². The van der Waals surface area contributed by atoms with Crippen molar-refractivity contribution in [2.75, 3.05) is 0 Å². The van der Waals surface area contributed by atoms with Crippen LogP contribution in [0.25, 0.3) is 110 Å². The summed E-state index contributed by atoms with van der Waals surface area (Å²) in [5.41, 5.74) is 10.0. The standard InChI is InChI=1S/C53H33N3/c1-4-18-34(19-5-1)36-32-44(35-20-6-2-7-21-35)54-47(33-36)56-46-31-17-15-29-43(46)51-49-41-27-13-11-25-39(41)38-24-10-12-26-40(38)48(49)50-42-28-14-16-30-45(42)55(52(50)53(51)56)37-22-8-3-9-23-37/h1-33H. The van der Waals surface area contributed by atoms with Crippen molar-refractivity contribution >= 4 is 75.9 Å². The second-order valence-electron chi connectivity index (χ2n) is 14.7. The number of fused-ring (bicyclic) bond motifs is 15. The van der Waals surface area contributed by atoms with Gasteiger partial charge in [0.15, 0.2) is 0 Å². The highest BCUT2D eigenvalue weighted by Crippen LogP contribution is 2.51. The highest BCUT2D eigenvalue weighted by Gasteiger charge is 2.27. The van der Waals surface area contributed by atoms with Gasteiger partial charge in [-0.3, -0.25) is 4.57 Å². The average Bonchev–Trinajstić information content (AvgIpc) is 3.81. The van der Waals surface area contributed by atoms with Crippen LogP contribution in [0.2, 0.25) is 0 Å². The maximum Gasteiger partial charge on any atom is 0.138 e. The number of benzene rings is 9. The Morgan fingerprint density at radius 1 is 0.304 bits per heavy atom. The van der Waals surface area contributed by atoms with E-state index in [1.54, 1.807) is 0 Å². The molecule has 260 valence electrons. The van der Waals surface area contributed by atoms with Crippen LogP contribution in [0.4, 0.5) is 0 Å². The summed E-state index contributed by atoms with van der Waals surface area (Å²) in [6, 6.07) is 72.4. The second-order valence-corrected chi connectivity index (χ2v) is 14.7. The average molecular weight is 712 g/mol.